The third-order valence-electron chi connectivity index (χ3n) is 6.37. The van der Waals surface area contributed by atoms with Crippen LogP contribution in [-0.2, 0) is 32.0 Å². The quantitative estimate of drug-likeness (QED) is 0.241. The summed E-state index contributed by atoms with van der Waals surface area (Å²) in [6.45, 7) is 5.01. The summed E-state index contributed by atoms with van der Waals surface area (Å²) in [5.74, 6) is -0.562. The van der Waals surface area contributed by atoms with E-state index in [1.807, 2.05) is 6.07 Å². The van der Waals surface area contributed by atoms with E-state index < -0.39 is 43.9 Å². The lowest BCUT2D eigenvalue weighted by Gasteiger charge is -2.28. The van der Waals surface area contributed by atoms with Crippen molar-refractivity contribution in [3.8, 4) is 5.75 Å². The Kier molecular flexibility index (Phi) is 9.86. The maximum Gasteiger partial charge on any atom is 0.416 e. The number of carbonyl (C=O) groups is 1. The molecule has 0 unspecified atom stereocenters. The van der Waals surface area contributed by atoms with Gasteiger partial charge in [0.25, 0.3) is 0 Å². The van der Waals surface area contributed by atoms with E-state index in [1.165, 1.54) is 6.07 Å². The third-order valence-corrected chi connectivity index (χ3v) is 9.10. The lowest BCUT2D eigenvalue weighted by atomic mass is 9.87. The van der Waals surface area contributed by atoms with Crippen LogP contribution < -0.4 is 10.1 Å². The van der Waals surface area contributed by atoms with Crippen LogP contribution in [0, 0.1) is 0 Å². The highest BCUT2D eigenvalue weighted by molar-refractivity contribution is 7.99. The molecule has 0 amide bonds. The number of hydrogen-bond acceptors (Lipinski definition) is 7. The molecular formula is C30H31ClF3NO5S2. The highest BCUT2D eigenvalue weighted by Gasteiger charge is 2.33. The standard InChI is InChI=1S/C30H31ClF3NO5S2/c1-29(2,3)40-28(36)17-39-27-9-5-6-24-25(27)7-4-8-26(24)35-18-42(37,38)23-15-19(30(32,33)34)14-22(16-23)41-21-12-10-20(31)11-13-21/h5-6,9-16,26,35H,4,7-8,17-18H2,1-3H3/t26-/m1/s1. The van der Waals surface area contributed by atoms with Crippen molar-refractivity contribution >= 4 is 39.2 Å². The van der Waals surface area contributed by atoms with Crippen molar-refractivity contribution in [2.24, 2.45) is 0 Å². The molecule has 4 rings (SSSR count). The van der Waals surface area contributed by atoms with Crippen molar-refractivity contribution in [1.29, 1.82) is 0 Å². The average molecular weight is 642 g/mol. The molecule has 6 nitrogen and oxygen atoms in total. The van der Waals surface area contributed by atoms with E-state index in [0.29, 0.717) is 34.6 Å². The number of benzene rings is 3. The number of carbonyl (C=O) groups excluding carboxylic acids is 1. The van der Waals surface area contributed by atoms with E-state index in [9.17, 15) is 26.4 Å². The Morgan fingerprint density at radius 1 is 1.05 bits per heavy atom. The Balaban J connectivity index is 1.52. The van der Waals surface area contributed by atoms with Crippen molar-refractivity contribution < 1.29 is 35.9 Å². The lowest BCUT2D eigenvalue weighted by molar-refractivity contribution is -0.157. The normalized spacial score (nSPS) is 15.6. The molecule has 42 heavy (non-hydrogen) atoms. The molecular weight excluding hydrogens is 611 g/mol. The number of halogens is 4. The molecule has 0 aromatic heterocycles. The Labute approximate surface area is 252 Å². The first-order chi connectivity index (χ1) is 19.6. The van der Waals surface area contributed by atoms with Crippen LogP contribution in [0.1, 0.15) is 56.3 Å². The number of sulfone groups is 1. The summed E-state index contributed by atoms with van der Waals surface area (Å²) >= 11 is 6.92. The largest absolute Gasteiger partial charge is 0.482 e. The molecule has 1 aliphatic rings. The fraction of sp³-hybridized carbons (Fsp3) is 0.367. The van der Waals surface area contributed by atoms with Crippen molar-refractivity contribution in [3.63, 3.8) is 0 Å². The van der Waals surface area contributed by atoms with Gasteiger partial charge in [0.1, 0.15) is 17.2 Å². The molecule has 1 N–H and O–H groups in total. The molecule has 0 bridgehead atoms. The van der Waals surface area contributed by atoms with Crippen LogP contribution in [-0.4, -0.2) is 32.5 Å². The minimum atomic E-state index is -4.73. The van der Waals surface area contributed by atoms with Crippen LogP contribution in [0.15, 0.2) is 75.4 Å². The summed E-state index contributed by atoms with van der Waals surface area (Å²) in [6, 6.07) is 14.3. The first-order valence-corrected chi connectivity index (χ1v) is 16.0. The minimum absolute atomic E-state index is 0.139. The van der Waals surface area contributed by atoms with Gasteiger partial charge in [-0.1, -0.05) is 35.5 Å². The molecule has 0 fully saturated rings. The maximum atomic E-state index is 13.7. The maximum absolute atomic E-state index is 13.7. The summed E-state index contributed by atoms with van der Waals surface area (Å²) < 4.78 is 78.9. The second kappa shape index (κ2) is 12.9. The number of rotatable bonds is 9. The predicted molar refractivity (Wildman–Crippen MR) is 156 cm³/mol. The topological polar surface area (TPSA) is 81.7 Å². The first kappa shape index (κ1) is 32.2. The van der Waals surface area contributed by atoms with Crippen molar-refractivity contribution in [2.45, 2.75) is 72.5 Å². The average Bonchev–Trinajstić information content (AvgIpc) is 2.90. The minimum Gasteiger partial charge on any atom is -0.482 e. The van der Waals surface area contributed by atoms with Crippen LogP contribution in [0.4, 0.5) is 13.2 Å². The van der Waals surface area contributed by atoms with Crippen molar-refractivity contribution in [1.82, 2.24) is 5.32 Å². The molecule has 3 aromatic rings. The highest BCUT2D eigenvalue weighted by atomic mass is 35.5. The van der Waals surface area contributed by atoms with E-state index in [2.05, 4.69) is 5.32 Å². The molecule has 0 saturated carbocycles. The van der Waals surface area contributed by atoms with Crippen LogP contribution in [0.25, 0.3) is 0 Å². The second-order valence-electron chi connectivity index (χ2n) is 10.9. The summed E-state index contributed by atoms with van der Waals surface area (Å²) in [4.78, 5) is 12.5. The van der Waals surface area contributed by atoms with E-state index in [1.54, 1.807) is 57.2 Å². The van der Waals surface area contributed by atoms with E-state index in [0.717, 1.165) is 35.4 Å². The van der Waals surface area contributed by atoms with Crippen LogP contribution in [0.2, 0.25) is 5.02 Å². The fourth-order valence-electron chi connectivity index (χ4n) is 4.58. The molecule has 0 heterocycles. The van der Waals surface area contributed by atoms with Gasteiger partial charge in [0.15, 0.2) is 16.4 Å². The molecule has 12 heteroatoms. The van der Waals surface area contributed by atoms with Gasteiger partial charge in [0.2, 0.25) is 0 Å². The highest BCUT2D eigenvalue weighted by Crippen LogP contribution is 2.38. The zero-order valence-corrected chi connectivity index (χ0v) is 25.6. The number of hydrogen-bond donors (Lipinski definition) is 1. The molecule has 0 spiro atoms. The van der Waals surface area contributed by atoms with Gasteiger partial charge in [-0.05, 0) is 99.7 Å². The number of nitrogens with one attached hydrogen (secondary N) is 1. The van der Waals surface area contributed by atoms with Gasteiger partial charge in [0, 0.05) is 20.9 Å². The molecule has 3 aromatic carbocycles. The summed E-state index contributed by atoms with van der Waals surface area (Å²) in [7, 11) is -4.15. The van der Waals surface area contributed by atoms with Gasteiger partial charge in [-0.3, -0.25) is 5.32 Å². The Morgan fingerprint density at radius 2 is 1.76 bits per heavy atom. The van der Waals surface area contributed by atoms with E-state index >= 15 is 0 Å². The number of fused-ring (bicyclic) bond motifs is 1. The molecule has 226 valence electrons. The zero-order chi connectivity index (χ0) is 30.7. The molecule has 0 saturated heterocycles. The molecule has 1 aliphatic carbocycles. The Bertz CT molecular complexity index is 1540. The van der Waals surface area contributed by atoms with Gasteiger partial charge in [-0.25, -0.2) is 13.2 Å². The number of ether oxygens (including phenoxy) is 2. The first-order valence-electron chi connectivity index (χ1n) is 13.2. The van der Waals surface area contributed by atoms with Crippen LogP contribution in [0.5, 0.6) is 5.75 Å². The van der Waals surface area contributed by atoms with Gasteiger partial charge >= 0.3 is 12.1 Å². The van der Waals surface area contributed by atoms with Crippen LogP contribution in [0.3, 0.4) is 0 Å². The fourth-order valence-corrected chi connectivity index (χ4v) is 6.89. The van der Waals surface area contributed by atoms with Gasteiger partial charge in [-0.2, -0.15) is 13.2 Å². The zero-order valence-electron chi connectivity index (χ0n) is 23.3. The van der Waals surface area contributed by atoms with E-state index in [-0.39, 0.29) is 17.5 Å². The number of esters is 1. The summed E-state index contributed by atoms with van der Waals surface area (Å²) in [5.41, 5.74) is -0.0228. The molecule has 0 radical (unpaired) electrons. The lowest BCUT2D eigenvalue weighted by Crippen LogP contribution is -2.31. The van der Waals surface area contributed by atoms with Gasteiger partial charge < -0.3 is 9.47 Å². The Morgan fingerprint density at radius 3 is 2.43 bits per heavy atom. The monoisotopic (exact) mass is 641 g/mol. The smallest absolute Gasteiger partial charge is 0.416 e. The third kappa shape index (κ3) is 8.65. The number of alkyl halides is 3. The summed E-state index contributed by atoms with van der Waals surface area (Å²) in [6.07, 6.45) is -2.71. The predicted octanol–water partition coefficient (Wildman–Crippen LogP) is 7.63. The van der Waals surface area contributed by atoms with Crippen LogP contribution >= 0.6 is 23.4 Å². The van der Waals surface area contributed by atoms with Gasteiger partial charge in [-0.15, -0.1) is 0 Å². The molecule has 1 atom stereocenters. The Hall–Kier alpha value is -2.73. The second-order valence-corrected chi connectivity index (χ2v) is 14.4. The van der Waals surface area contributed by atoms with E-state index in [4.69, 9.17) is 21.1 Å². The summed E-state index contributed by atoms with van der Waals surface area (Å²) in [5, 5.41) is 3.51. The van der Waals surface area contributed by atoms with Gasteiger partial charge in [0.05, 0.1) is 10.5 Å². The SMILES string of the molecule is CC(C)(C)OC(=O)COc1cccc2c1CCC[C@H]2NCS(=O)(=O)c1cc(Sc2ccc(Cl)cc2)cc(C(F)(F)F)c1. The van der Waals surface area contributed by atoms with Crippen molar-refractivity contribution in [2.75, 3.05) is 12.5 Å². The van der Waals surface area contributed by atoms with Crippen molar-refractivity contribution in [3.05, 3.63) is 82.4 Å². The molecule has 0 aliphatic heterocycles.